The van der Waals surface area contributed by atoms with Crippen LogP contribution in [0, 0.1) is 23.4 Å². The van der Waals surface area contributed by atoms with Gasteiger partial charge >= 0.3 is 12.1 Å². The number of alkyl halides is 5. The highest BCUT2D eigenvalue weighted by molar-refractivity contribution is 7.65. The third-order valence-electron chi connectivity index (χ3n) is 5.49. The van der Waals surface area contributed by atoms with E-state index in [1.54, 1.807) is 0 Å². The van der Waals surface area contributed by atoms with Crippen molar-refractivity contribution < 1.29 is 35.1 Å². The Labute approximate surface area is 186 Å². The molecule has 0 amide bonds. The zero-order chi connectivity index (χ0) is 24.5. The summed E-state index contributed by atoms with van der Waals surface area (Å²) >= 11 is 0. The average Bonchev–Trinajstić information content (AvgIpc) is 2.68. The average molecular weight is 492 g/mol. The Morgan fingerprint density at radius 1 is 0.812 bits per heavy atom. The minimum absolute atomic E-state index is 0.0507. The molecule has 1 aromatic rings. The lowest BCUT2D eigenvalue weighted by atomic mass is 10.1. The van der Waals surface area contributed by atoms with Crippen molar-refractivity contribution in [1.82, 2.24) is 0 Å². The highest BCUT2D eigenvalue weighted by Crippen LogP contribution is 2.48. The van der Waals surface area contributed by atoms with Crippen molar-refractivity contribution in [2.75, 3.05) is 12.3 Å². The van der Waals surface area contributed by atoms with E-state index in [9.17, 15) is 35.1 Å². The van der Waals surface area contributed by atoms with E-state index in [1.807, 2.05) is 13.8 Å². The fraction of sp³-hybridized carbons (Fsp3) is 0.739. The number of hydrogen-bond acceptors (Lipinski definition) is 0. The van der Waals surface area contributed by atoms with Gasteiger partial charge in [0.25, 0.3) is 0 Å². The van der Waals surface area contributed by atoms with E-state index in [1.165, 1.54) is 0 Å². The van der Waals surface area contributed by atoms with E-state index < -0.39 is 48.3 Å². The largest absolute Gasteiger partial charge is 0.458 e. The first-order valence-corrected chi connectivity index (χ1v) is 13.0. The van der Waals surface area contributed by atoms with Gasteiger partial charge < -0.3 is 0 Å². The van der Waals surface area contributed by atoms with E-state index in [2.05, 4.69) is 6.92 Å². The predicted octanol–water partition coefficient (Wildman–Crippen LogP) is 9.05. The molecule has 0 N–H and O–H groups in total. The summed E-state index contributed by atoms with van der Waals surface area (Å²) in [6.45, 7) is 5.92. The molecule has 9 heteroatoms. The topological polar surface area (TPSA) is 0 Å². The van der Waals surface area contributed by atoms with E-state index in [0.29, 0.717) is 24.8 Å². The maximum atomic E-state index is 15.0. The van der Waals surface area contributed by atoms with Crippen molar-refractivity contribution in [2.24, 2.45) is 5.92 Å². The Hall–Kier alpha value is -0.910. The minimum atomic E-state index is -6.24. The van der Waals surface area contributed by atoms with Gasteiger partial charge in [-0.3, -0.25) is 0 Å². The fourth-order valence-electron chi connectivity index (χ4n) is 3.77. The standard InChI is InChI=1S/C23H33F8P/c1-4-6-7-8-9-10-11-13-32(15-16(3)12-5-2)18-14-17(24)20(25)19(21(18)26)22(27,28)23(29,30)31/h14,16H,4-13,15H2,1-3H3. The summed E-state index contributed by atoms with van der Waals surface area (Å²) in [7, 11) is -1.57. The van der Waals surface area contributed by atoms with Crippen LogP contribution >= 0.6 is 7.92 Å². The van der Waals surface area contributed by atoms with Gasteiger partial charge in [-0.15, -0.1) is 0 Å². The Morgan fingerprint density at radius 3 is 1.91 bits per heavy atom. The summed E-state index contributed by atoms with van der Waals surface area (Å²) in [6.07, 6.45) is 2.77. The SMILES string of the molecule is CCCCCCCCCP(CC(C)CCC)c1cc(F)c(F)c(C(F)(F)C(F)(F)F)c1F. The summed E-state index contributed by atoms with van der Waals surface area (Å²) in [5, 5.41) is -0.535. The molecule has 1 aromatic carbocycles. The van der Waals surface area contributed by atoms with Gasteiger partial charge in [-0.05, 0) is 30.7 Å². The van der Waals surface area contributed by atoms with Crippen LogP contribution in [0.1, 0.15) is 84.1 Å². The predicted molar refractivity (Wildman–Crippen MR) is 115 cm³/mol. The first-order chi connectivity index (χ1) is 14.9. The Kier molecular flexibility index (Phi) is 11.9. The van der Waals surface area contributed by atoms with E-state index in [0.717, 1.165) is 51.4 Å². The molecule has 0 bridgehead atoms. The van der Waals surface area contributed by atoms with Crippen LogP contribution in [-0.4, -0.2) is 18.5 Å². The number of rotatable bonds is 14. The molecule has 0 radical (unpaired) electrons. The summed E-state index contributed by atoms with van der Waals surface area (Å²) in [5.41, 5.74) is -2.53. The Balaban J connectivity index is 3.22. The Morgan fingerprint density at radius 2 is 1.38 bits per heavy atom. The maximum Gasteiger partial charge on any atom is 0.458 e. The molecule has 0 saturated heterocycles. The molecule has 186 valence electrons. The van der Waals surface area contributed by atoms with Crippen LogP contribution in [0.25, 0.3) is 0 Å². The van der Waals surface area contributed by atoms with E-state index in [4.69, 9.17) is 0 Å². The second kappa shape index (κ2) is 13.1. The van der Waals surface area contributed by atoms with Gasteiger partial charge in [-0.25, -0.2) is 13.2 Å². The van der Waals surface area contributed by atoms with Crippen molar-refractivity contribution in [3.8, 4) is 0 Å². The molecule has 2 atom stereocenters. The molecule has 0 aromatic heterocycles. The van der Waals surface area contributed by atoms with Crippen LogP contribution < -0.4 is 5.30 Å². The van der Waals surface area contributed by atoms with Crippen LogP contribution in [0.5, 0.6) is 0 Å². The molecule has 1 rings (SSSR count). The van der Waals surface area contributed by atoms with E-state index in [-0.39, 0.29) is 5.92 Å². The summed E-state index contributed by atoms with van der Waals surface area (Å²) in [5.74, 6) is -12.1. The normalized spacial score (nSPS) is 14.6. The summed E-state index contributed by atoms with van der Waals surface area (Å²) < 4.78 is 109. The lowest BCUT2D eigenvalue weighted by Crippen LogP contribution is -2.37. The molecule has 0 saturated carbocycles. The van der Waals surface area contributed by atoms with Crippen molar-refractivity contribution >= 4 is 13.2 Å². The second-order valence-corrected chi connectivity index (χ2v) is 10.8. The van der Waals surface area contributed by atoms with Gasteiger partial charge in [0.05, 0.1) is 0 Å². The zero-order valence-electron chi connectivity index (χ0n) is 18.9. The van der Waals surface area contributed by atoms with Gasteiger partial charge in [-0.2, -0.15) is 22.0 Å². The quantitative estimate of drug-likeness (QED) is 0.105. The van der Waals surface area contributed by atoms with E-state index >= 15 is 0 Å². The maximum absolute atomic E-state index is 15.0. The van der Waals surface area contributed by atoms with Crippen LogP contribution in [0.2, 0.25) is 0 Å². The zero-order valence-corrected chi connectivity index (χ0v) is 19.8. The molecule has 0 heterocycles. The molecule has 0 aliphatic heterocycles. The van der Waals surface area contributed by atoms with Crippen molar-refractivity contribution in [3.63, 3.8) is 0 Å². The highest BCUT2D eigenvalue weighted by Gasteiger charge is 2.62. The summed E-state index contributed by atoms with van der Waals surface area (Å²) in [4.78, 5) is 0. The number of halogens is 8. The van der Waals surface area contributed by atoms with Crippen LogP contribution in [0.15, 0.2) is 6.07 Å². The lowest BCUT2D eigenvalue weighted by Gasteiger charge is -2.26. The summed E-state index contributed by atoms with van der Waals surface area (Å²) in [6, 6.07) is 0.478. The fourth-order valence-corrected chi connectivity index (χ4v) is 6.61. The molecule has 0 aliphatic rings. The Bertz CT molecular complexity index is 702. The first-order valence-electron chi connectivity index (χ1n) is 11.3. The van der Waals surface area contributed by atoms with Crippen LogP contribution in [-0.2, 0) is 5.92 Å². The lowest BCUT2D eigenvalue weighted by molar-refractivity contribution is -0.291. The molecular formula is C23H33F8P. The second-order valence-electron chi connectivity index (χ2n) is 8.41. The van der Waals surface area contributed by atoms with Gasteiger partial charge in [0.1, 0.15) is 11.4 Å². The molecule has 0 aliphatic carbocycles. The number of hydrogen-bond donors (Lipinski definition) is 0. The smallest absolute Gasteiger partial charge is 0.206 e. The van der Waals surface area contributed by atoms with Crippen molar-refractivity contribution in [1.29, 1.82) is 0 Å². The number of benzene rings is 1. The molecule has 0 spiro atoms. The molecular weight excluding hydrogens is 459 g/mol. The van der Waals surface area contributed by atoms with Gasteiger partial charge in [-0.1, -0.05) is 80.1 Å². The van der Waals surface area contributed by atoms with Gasteiger partial charge in [0.15, 0.2) is 11.6 Å². The van der Waals surface area contributed by atoms with Crippen molar-refractivity contribution in [3.05, 3.63) is 29.1 Å². The third kappa shape index (κ3) is 7.85. The van der Waals surface area contributed by atoms with Crippen molar-refractivity contribution in [2.45, 2.75) is 90.7 Å². The van der Waals surface area contributed by atoms with Gasteiger partial charge in [0, 0.05) is 5.30 Å². The molecule has 0 nitrogen and oxygen atoms in total. The third-order valence-corrected chi connectivity index (χ3v) is 8.42. The number of unbranched alkanes of at least 4 members (excludes halogenated alkanes) is 6. The highest BCUT2D eigenvalue weighted by atomic mass is 31.1. The van der Waals surface area contributed by atoms with Gasteiger partial charge in [0.2, 0.25) is 0 Å². The van der Waals surface area contributed by atoms with Crippen LogP contribution in [0.4, 0.5) is 35.1 Å². The first kappa shape index (κ1) is 29.1. The van der Waals surface area contributed by atoms with Crippen LogP contribution in [0.3, 0.4) is 0 Å². The molecule has 0 fully saturated rings. The molecule has 2 unspecified atom stereocenters. The minimum Gasteiger partial charge on any atom is -0.206 e. The molecule has 32 heavy (non-hydrogen) atoms. The monoisotopic (exact) mass is 492 g/mol.